The molecule has 0 bridgehead atoms. The predicted molar refractivity (Wildman–Crippen MR) is 204 cm³/mol. The molecule has 3 unspecified atom stereocenters. The quantitative estimate of drug-likeness (QED) is 0.165. The van der Waals surface area contributed by atoms with Crippen molar-refractivity contribution in [1.29, 1.82) is 0 Å². The second kappa shape index (κ2) is 15.7. The van der Waals surface area contributed by atoms with Crippen molar-refractivity contribution in [2.75, 3.05) is 33.8 Å². The number of nitrogens with one attached hydrogen (secondary N) is 2. The molecule has 3 heterocycles. The highest BCUT2D eigenvalue weighted by atomic mass is 35.7. The first-order chi connectivity index (χ1) is 25.6. The van der Waals surface area contributed by atoms with Crippen LogP contribution in [0.4, 0.5) is 0 Å². The zero-order valence-electron chi connectivity index (χ0n) is 29.4. The van der Waals surface area contributed by atoms with Crippen LogP contribution in [0.3, 0.4) is 0 Å². The summed E-state index contributed by atoms with van der Waals surface area (Å²) >= 11 is 6.35. The average Bonchev–Trinajstić information content (AvgIpc) is 3.61. The number of benzene rings is 4. The van der Waals surface area contributed by atoms with Crippen molar-refractivity contribution in [3.63, 3.8) is 0 Å². The Kier molecular flexibility index (Phi) is 10.9. The molecule has 2 amide bonds. The normalized spacial score (nSPS) is 22.8. The van der Waals surface area contributed by atoms with Gasteiger partial charge < -0.3 is 14.2 Å². The lowest BCUT2D eigenvalue weighted by atomic mass is 9.75. The van der Waals surface area contributed by atoms with Gasteiger partial charge >= 0.3 is 6.87 Å². The third-order valence-electron chi connectivity index (χ3n) is 9.61. The monoisotopic (exact) mass is 753 g/mol. The minimum atomic E-state index is -3.64. The summed E-state index contributed by atoms with van der Waals surface area (Å²) in [7, 11) is 3.19. The van der Waals surface area contributed by atoms with Crippen LogP contribution in [-0.2, 0) is 35.4 Å². The summed E-state index contributed by atoms with van der Waals surface area (Å²) in [4.78, 5) is 39.8. The van der Waals surface area contributed by atoms with E-state index >= 15 is 0 Å². The molecule has 1 fully saturated rings. The molecule has 0 aliphatic carbocycles. The second-order valence-electron chi connectivity index (χ2n) is 13.3. The maximum Gasteiger partial charge on any atom is 0.362 e. The van der Waals surface area contributed by atoms with Gasteiger partial charge in [0.15, 0.2) is 12.2 Å². The Balaban J connectivity index is 1.27. The molecule has 4 aromatic carbocycles. The van der Waals surface area contributed by atoms with Crippen LogP contribution in [-0.4, -0.2) is 96.9 Å². The highest BCUT2D eigenvalue weighted by molar-refractivity contribution is 7.83. The lowest BCUT2D eigenvalue weighted by molar-refractivity contribution is -0.162. The topological polar surface area (TPSA) is 128 Å². The molecule has 7 rings (SSSR count). The van der Waals surface area contributed by atoms with Crippen LogP contribution in [0.2, 0.25) is 0 Å². The van der Waals surface area contributed by atoms with Crippen molar-refractivity contribution >= 4 is 42.2 Å². The Morgan fingerprint density at radius 2 is 1.47 bits per heavy atom. The van der Waals surface area contributed by atoms with E-state index < -0.39 is 42.9 Å². The van der Waals surface area contributed by atoms with Crippen LogP contribution in [0.1, 0.15) is 22.3 Å². The molecular formula is C39H41ClN7O5P. The number of ether oxygens (including phenoxy) is 1. The molecule has 12 nitrogen and oxygen atoms in total. The lowest BCUT2D eigenvalue weighted by Gasteiger charge is -2.52. The highest BCUT2D eigenvalue weighted by Gasteiger charge is 2.50. The van der Waals surface area contributed by atoms with Gasteiger partial charge in [0.2, 0.25) is 11.9 Å². The summed E-state index contributed by atoms with van der Waals surface area (Å²) in [6.45, 7) is -3.02. The lowest BCUT2D eigenvalue weighted by Crippen LogP contribution is -2.64. The Labute approximate surface area is 313 Å². The number of rotatable bonds is 11. The summed E-state index contributed by atoms with van der Waals surface area (Å²) in [6, 6.07) is 39.3. The van der Waals surface area contributed by atoms with E-state index in [9.17, 15) is 14.2 Å². The van der Waals surface area contributed by atoms with Gasteiger partial charge in [0, 0.05) is 13.1 Å². The number of carbonyl (C=O) groups is 2. The third kappa shape index (κ3) is 7.70. The smallest absolute Gasteiger partial charge is 0.350 e. The SMILES string of the molecule is CN(C)P(=O)(Cl)OC[C@@H]1CN(C(c2ccccc2)(c2ccccc2)c2ccccc2)C[C@H](N2C=NC3C(=O)NC(NC(=O)Cc4ccccc4)=NC32)O1. The van der Waals surface area contributed by atoms with Gasteiger partial charge in [0.25, 0.3) is 5.91 Å². The molecule has 5 atom stereocenters. The highest BCUT2D eigenvalue weighted by Crippen LogP contribution is 2.54. The molecule has 0 aromatic heterocycles. The van der Waals surface area contributed by atoms with Gasteiger partial charge in [0.1, 0.15) is 6.23 Å². The minimum Gasteiger partial charge on any atom is -0.350 e. The second-order valence-corrected chi connectivity index (χ2v) is 16.5. The molecule has 0 spiro atoms. The summed E-state index contributed by atoms with van der Waals surface area (Å²) in [5.41, 5.74) is 3.09. The predicted octanol–water partition coefficient (Wildman–Crippen LogP) is 4.81. The summed E-state index contributed by atoms with van der Waals surface area (Å²) < 4.78 is 27.1. The molecule has 53 heavy (non-hydrogen) atoms. The Bertz CT molecular complexity index is 1910. The first kappa shape index (κ1) is 36.7. The van der Waals surface area contributed by atoms with Gasteiger partial charge in [-0.15, -0.1) is 0 Å². The van der Waals surface area contributed by atoms with Gasteiger partial charge in [-0.1, -0.05) is 121 Å². The number of hydrogen-bond donors (Lipinski definition) is 2. The molecular weight excluding hydrogens is 713 g/mol. The standard InChI is InChI=1S/C39H41ClN7O5P/c1-45(2)53(40,50)51-26-32-24-46(39(29-17-9-4-10-18-29,30-19-11-5-12-20-30)31-21-13-6-14-22-31)25-34(52-32)47-27-41-35-36(47)43-38(44-37(35)49)42-33(48)23-28-15-7-3-8-16-28/h3-22,27,32,34-36H,23-26H2,1-2H3,(H2,42,43,44,48,49)/t32-,34+,35?,36?,53?/m0/s1. The zero-order valence-corrected chi connectivity index (χ0v) is 31.0. The minimum absolute atomic E-state index is 0.0431. The van der Waals surface area contributed by atoms with Gasteiger partial charge in [-0.2, -0.15) is 0 Å². The summed E-state index contributed by atoms with van der Waals surface area (Å²) in [5, 5.41) is 5.46. The molecule has 0 radical (unpaired) electrons. The number of hydrogen-bond acceptors (Lipinski definition) is 9. The maximum absolute atomic E-state index is 13.4. The number of halogens is 1. The number of morpholine rings is 1. The molecule has 3 aliphatic heterocycles. The molecule has 0 saturated carbocycles. The summed E-state index contributed by atoms with van der Waals surface area (Å²) in [6.07, 6.45) is -0.444. The first-order valence-corrected chi connectivity index (χ1v) is 19.9. The van der Waals surface area contributed by atoms with E-state index in [2.05, 4.69) is 56.9 Å². The molecule has 274 valence electrons. The van der Waals surface area contributed by atoms with Crippen molar-refractivity contribution in [2.24, 2.45) is 9.98 Å². The average molecular weight is 754 g/mol. The zero-order chi connectivity index (χ0) is 37.0. The van der Waals surface area contributed by atoms with Crippen molar-refractivity contribution in [3.8, 4) is 0 Å². The number of aliphatic imine (C=N–C) groups is 2. The van der Waals surface area contributed by atoms with Crippen molar-refractivity contribution in [3.05, 3.63) is 144 Å². The fourth-order valence-corrected chi connectivity index (χ4v) is 7.89. The first-order valence-electron chi connectivity index (χ1n) is 17.4. The van der Waals surface area contributed by atoms with Crippen LogP contribution in [0, 0.1) is 0 Å². The van der Waals surface area contributed by atoms with Crippen LogP contribution in [0.15, 0.2) is 131 Å². The van der Waals surface area contributed by atoms with Crippen molar-refractivity contribution in [1.82, 2.24) is 25.1 Å². The molecule has 3 aliphatic rings. The number of carbonyl (C=O) groups excluding carboxylic acids is 2. The fraction of sp³-hybridized carbons (Fsp3) is 0.282. The van der Waals surface area contributed by atoms with Gasteiger partial charge in [-0.25, -0.2) is 9.66 Å². The van der Waals surface area contributed by atoms with E-state index in [1.807, 2.05) is 89.8 Å². The van der Waals surface area contributed by atoms with Gasteiger partial charge in [-0.05, 0) is 47.6 Å². The summed E-state index contributed by atoms with van der Waals surface area (Å²) in [5.74, 6) is -0.671. The van der Waals surface area contributed by atoms with Crippen LogP contribution >= 0.6 is 18.1 Å². The van der Waals surface area contributed by atoms with E-state index in [1.54, 1.807) is 20.4 Å². The van der Waals surface area contributed by atoms with E-state index in [4.69, 9.17) is 25.5 Å². The Morgan fingerprint density at radius 3 is 2.02 bits per heavy atom. The number of amides is 2. The van der Waals surface area contributed by atoms with E-state index in [0.29, 0.717) is 13.1 Å². The molecule has 14 heteroatoms. The number of nitrogens with zero attached hydrogens (tertiary/aromatic N) is 5. The number of fused-ring (bicyclic) bond motifs is 1. The third-order valence-corrected chi connectivity index (χ3v) is 12.2. The van der Waals surface area contributed by atoms with Gasteiger partial charge in [-0.3, -0.25) is 34.7 Å². The van der Waals surface area contributed by atoms with Crippen molar-refractivity contribution in [2.45, 2.75) is 36.5 Å². The largest absolute Gasteiger partial charge is 0.362 e. The molecule has 4 aromatic rings. The van der Waals surface area contributed by atoms with E-state index in [0.717, 1.165) is 22.3 Å². The fourth-order valence-electron chi connectivity index (χ4n) is 7.14. The van der Waals surface area contributed by atoms with Crippen LogP contribution in [0.5, 0.6) is 0 Å². The Hall–Kier alpha value is -4.68. The Morgan fingerprint density at radius 1 is 0.925 bits per heavy atom. The molecule has 1 saturated heterocycles. The molecule has 2 N–H and O–H groups in total. The maximum atomic E-state index is 13.4. The van der Waals surface area contributed by atoms with E-state index in [-0.39, 0.29) is 24.9 Å². The van der Waals surface area contributed by atoms with E-state index in [1.165, 1.54) is 4.67 Å². The van der Waals surface area contributed by atoms with Gasteiger partial charge in [0.05, 0.1) is 31.0 Å². The van der Waals surface area contributed by atoms with Crippen LogP contribution < -0.4 is 10.6 Å². The van der Waals surface area contributed by atoms with Crippen molar-refractivity contribution < 1.29 is 23.4 Å². The van der Waals surface area contributed by atoms with Crippen LogP contribution in [0.25, 0.3) is 0 Å². The number of guanidine groups is 1.